The predicted molar refractivity (Wildman–Crippen MR) is 101 cm³/mol. The van der Waals surface area contributed by atoms with Crippen molar-refractivity contribution in [3.8, 4) is 11.5 Å². The van der Waals surface area contributed by atoms with E-state index in [1.54, 1.807) is 18.4 Å². The van der Waals surface area contributed by atoms with Crippen LogP contribution in [0.4, 0.5) is 10.1 Å². The molecule has 0 saturated heterocycles. The first-order valence-corrected chi connectivity index (χ1v) is 8.17. The van der Waals surface area contributed by atoms with Crippen molar-refractivity contribution in [2.75, 3.05) is 0 Å². The summed E-state index contributed by atoms with van der Waals surface area (Å²) in [5.74, 6) is 1.26. The van der Waals surface area contributed by atoms with Crippen molar-refractivity contribution in [1.29, 1.82) is 0 Å². The lowest BCUT2D eigenvalue weighted by Crippen LogP contribution is -2.11. The van der Waals surface area contributed by atoms with Crippen molar-refractivity contribution in [2.24, 2.45) is 4.99 Å². The van der Waals surface area contributed by atoms with Crippen LogP contribution in [0.3, 0.4) is 0 Å². The standard InChI is InChI=1S/C22H18FNO2/c1-17(16-25-20-10-6-3-7-11-20)22(24-19-8-4-2-5-9-19)26-21-14-12-18(23)13-15-21/h2-16H,1H3. The number of para-hydroxylation sites is 2. The second-order valence-electron chi connectivity index (χ2n) is 5.54. The zero-order valence-corrected chi connectivity index (χ0v) is 14.3. The van der Waals surface area contributed by atoms with E-state index in [0.29, 0.717) is 23.0 Å². The first kappa shape index (κ1) is 17.4. The third kappa shape index (κ3) is 5.05. The zero-order valence-electron chi connectivity index (χ0n) is 14.3. The van der Waals surface area contributed by atoms with Gasteiger partial charge in [-0.1, -0.05) is 36.4 Å². The quantitative estimate of drug-likeness (QED) is 0.326. The van der Waals surface area contributed by atoms with E-state index >= 15 is 0 Å². The van der Waals surface area contributed by atoms with Crippen LogP contribution in [0.2, 0.25) is 0 Å². The molecule has 0 spiro atoms. The topological polar surface area (TPSA) is 30.8 Å². The Balaban J connectivity index is 1.86. The summed E-state index contributed by atoms with van der Waals surface area (Å²) in [7, 11) is 0. The molecule has 0 N–H and O–H groups in total. The number of rotatable bonds is 5. The van der Waals surface area contributed by atoms with Gasteiger partial charge in [0.2, 0.25) is 5.90 Å². The van der Waals surface area contributed by atoms with Gasteiger partial charge in [0, 0.05) is 5.57 Å². The molecule has 0 radical (unpaired) electrons. The van der Waals surface area contributed by atoms with Gasteiger partial charge in [-0.15, -0.1) is 0 Å². The maximum absolute atomic E-state index is 13.1. The third-order valence-corrected chi connectivity index (χ3v) is 3.47. The number of hydrogen-bond acceptors (Lipinski definition) is 3. The SMILES string of the molecule is CC(=COc1ccccc1)C(=Nc1ccccc1)Oc1ccc(F)cc1. The summed E-state index contributed by atoms with van der Waals surface area (Å²) >= 11 is 0. The summed E-state index contributed by atoms with van der Waals surface area (Å²) in [4.78, 5) is 4.54. The molecule has 130 valence electrons. The lowest BCUT2D eigenvalue weighted by Gasteiger charge is -2.10. The molecule has 3 aromatic carbocycles. The molecular formula is C22H18FNO2. The van der Waals surface area contributed by atoms with E-state index in [-0.39, 0.29) is 5.82 Å². The summed E-state index contributed by atoms with van der Waals surface area (Å²) < 4.78 is 24.6. The minimum atomic E-state index is -0.321. The molecule has 26 heavy (non-hydrogen) atoms. The molecule has 0 atom stereocenters. The molecular weight excluding hydrogens is 329 g/mol. The van der Waals surface area contributed by atoms with Crippen molar-refractivity contribution < 1.29 is 13.9 Å². The Hall–Kier alpha value is -3.40. The van der Waals surface area contributed by atoms with E-state index in [1.165, 1.54) is 12.1 Å². The summed E-state index contributed by atoms with van der Waals surface area (Å²) in [5.41, 5.74) is 1.44. The number of benzene rings is 3. The second kappa shape index (κ2) is 8.62. The number of halogens is 1. The molecule has 3 rings (SSSR count). The van der Waals surface area contributed by atoms with Gasteiger partial charge in [-0.3, -0.25) is 0 Å². The molecule has 0 aromatic heterocycles. The maximum atomic E-state index is 13.1. The van der Waals surface area contributed by atoms with Crippen molar-refractivity contribution >= 4 is 11.6 Å². The smallest absolute Gasteiger partial charge is 0.225 e. The second-order valence-corrected chi connectivity index (χ2v) is 5.54. The van der Waals surface area contributed by atoms with Crippen LogP contribution in [0.1, 0.15) is 6.92 Å². The number of hydrogen-bond donors (Lipinski definition) is 0. The summed E-state index contributed by atoms with van der Waals surface area (Å²) in [5, 5.41) is 0. The highest BCUT2D eigenvalue weighted by molar-refractivity contribution is 5.96. The van der Waals surface area contributed by atoms with Gasteiger partial charge in [-0.2, -0.15) is 0 Å². The Bertz CT molecular complexity index is 888. The zero-order chi connectivity index (χ0) is 18.2. The molecule has 0 bridgehead atoms. The minimum absolute atomic E-state index is 0.321. The Labute approximate surface area is 152 Å². The van der Waals surface area contributed by atoms with Crippen LogP contribution < -0.4 is 9.47 Å². The number of ether oxygens (including phenoxy) is 2. The van der Waals surface area contributed by atoms with Crippen molar-refractivity contribution in [2.45, 2.75) is 6.92 Å². The lowest BCUT2D eigenvalue weighted by atomic mass is 10.3. The van der Waals surface area contributed by atoms with Crippen LogP contribution in [0.25, 0.3) is 0 Å². The highest BCUT2D eigenvalue weighted by atomic mass is 19.1. The average Bonchev–Trinajstić information content (AvgIpc) is 2.69. The van der Waals surface area contributed by atoms with Crippen molar-refractivity contribution in [3.63, 3.8) is 0 Å². The molecule has 0 amide bonds. The van der Waals surface area contributed by atoms with E-state index in [2.05, 4.69) is 4.99 Å². The van der Waals surface area contributed by atoms with E-state index in [0.717, 1.165) is 5.69 Å². The fraction of sp³-hybridized carbons (Fsp3) is 0.0455. The molecule has 0 fully saturated rings. The average molecular weight is 347 g/mol. The first-order chi connectivity index (χ1) is 12.7. The molecule has 0 heterocycles. The highest BCUT2D eigenvalue weighted by Crippen LogP contribution is 2.18. The molecule has 0 unspecified atom stereocenters. The molecule has 0 aliphatic heterocycles. The Morgan fingerprint density at radius 3 is 2.08 bits per heavy atom. The minimum Gasteiger partial charge on any atom is -0.465 e. The molecule has 3 aromatic rings. The van der Waals surface area contributed by atoms with Crippen LogP contribution >= 0.6 is 0 Å². The molecule has 0 saturated carbocycles. The summed E-state index contributed by atoms with van der Waals surface area (Å²) in [6, 6.07) is 24.7. The fourth-order valence-electron chi connectivity index (χ4n) is 2.13. The fourth-order valence-corrected chi connectivity index (χ4v) is 2.13. The van der Waals surface area contributed by atoms with Gasteiger partial charge < -0.3 is 9.47 Å². The van der Waals surface area contributed by atoms with Gasteiger partial charge in [-0.25, -0.2) is 9.38 Å². The van der Waals surface area contributed by atoms with Crippen LogP contribution in [0, 0.1) is 5.82 Å². The van der Waals surface area contributed by atoms with Crippen molar-refractivity contribution in [1.82, 2.24) is 0 Å². The molecule has 3 nitrogen and oxygen atoms in total. The normalized spacial score (nSPS) is 11.9. The van der Waals surface area contributed by atoms with E-state index in [1.807, 2.05) is 67.6 Å². The van der Waals surface area contributed by atoms with Crippen molar-refractivity contribution in [3.05, 3.63) is 103 Å². The van der Waals surface area contributed by atoms with E-state index < -0.39 is 0 Å². The molecule has 0 aliphatic carbocycles. The Morgan fingerprint density at radius 2 is 1.42 bits per heavy atom. The van der Waals surface area contributed by atoms with Gasteiger partial charge in [0.25, 0.3) is 0 Å². The van der Waals surface area contributed by atoms with E-state index in [9.17, 15) is 4.39 Å². The molecule has 4 heteroatoms. The monoisotopic (exact) mass is 347 g/mol. The highest BCUT2D eigenvalue weighted by Gasteiger charge is 2.08. The van der Waals surface area contributed by atoms with Crippen LogP contribution in [0.5, 0.6) is 11.5 Å². The van der Waals surface area contributed by atoms with E-state index in [4.69, 9.17) is 9.47 Å². The third-order valence-electron chi connectivity index (χ3n) is 3.47. The maximum Gasteiger partial charge on any atom is 0.225 e. The Kier molecular flexibility index (Phi) is 5.78. The van der Waals surface area contributed by atoms with Crippen LogP contribution in [0.15, 0.2) is 102 Å². The van der Waals surface area contributed by atoms with Crippen LogP contribution in [-0.2, 0) is 0 Å². The lowest BCUT2D eigenvalue weighted by molar-refractivity contribution is 0.473. The van der Waals surface area contributed by atoms with Gasteiger partial charge in [-0.05, 0) is 55.5 Å². The van der Waals surface area contributed by atoms with Gasteiger partial charge >= 0.3 is 0 Å². The van der Waals surface area contributed by atoms with Gasteiger partial charge in [0.15, 0.2) is 0 Å². The Morgan fingerprint density at radius 1 is 0.808 bits per heavy atom. The van der Waals surface area contributed by atoms with Gasteiger partial charge in [0.05, 0.1) is 11.9 Å². The number of aliphatic imine (C=N–C) groups is 1. The summed E-state index contributed by atoms with van der Waals surface area (Å²) in [6.45, 7) is 1.84. The predicted octanol–water partition coefficient (Wildman–Crippen LogP) is 5.92. The van der Waals surface area contributed by atoms with Crippen LogP contribution in [-0.4, -0.2) is 5.90 Å². The number of nitrogens with zero attached hydrogens (tertiary/aromatic N) is 1. The van der Waals surface area contributed by atoms with Gasteiger partial charge in [0.1, 0.15) is 17.3 Å². The summed E-state index contributed by atoms with van der Waals surface area (Å²) in [6.07, 6.45) is 1.58. The molecule has 0 aliphatic rings. The first-order valence-electron chi connectivity index (χ1n) is 8.17. The largest absolute Gasteiger partial charge is 0.465 e.